The average Bonchev–Trinajstić information content (AvgIpc) is 2.95. The van der Waals surface area contributed by atoms with Crippen molar-refractivity contribution in [2.45, 2.75) is 56.9 Å². The molecule has 0 spiro atoms. The van der Waals surface area contributed by atoms with E-state index in [0.717, 1.165) is 18.4 Å². The molecule has 2 heterocycles. The van der Waals surface area contributed by atoms with Crippen LogP contribution in [0.15, 0.2) is 36.9 Å². The van der Waals surface area contributed by atoms with Crippen LogP contribution in [0.3, 0.4) is 0 Å². The van der Waals surface area contributed by atoms with Crippen LogP contribution in [0.25, 0.3) is 0 Å². The van der Waals surface area contributed by atoms with Crippen molar-refractivity contribution >= 4 is 11.6 Å². The van der Waals surface area contributed by atoms with Crippen LogP contribution in [0, 0.1) is 5.41 Å². The van der Waals surface area contributed by atoms with Crippen LogP contribution in [0.1, 0.15) is 44.7 Å². The van der Waals surface area contributed by atoms with Crippen molar-refractivity contribution < 1.29 is 14.9 Å². The Kier molecular flexibility index (Phi) is 3.37. The standard InChI is InChI=1S/C18H23ClN3O2/c1-16(2)8-3-9-17(23)15(13-4-6-14(19)7-5-13)22-12-20-11-21(22)10-18(16,17)24/h4-7,11-12,15,23-24H,3,8-10H2,1-2H3/q+1/t15-,17+,18+/m1/s1. The molecule has 24 heavy (non-hydrogen) atoms. The predicted molar refractivity (Wildman–Crippen MR) is 89.5 cm³/mol. The van der Waals surface area contributed by atoms with E-state index >= 15 is 0 Å². The van der Waals surface area contributed by atoms with E-state index in [9.17, 15) is 10.2 Å². The Hall–Kier alpha value is -1.43. The van der Waals surface area contributed by atoms with Gasteiger partial charge in [-0.05, 0) is 41.9 Å². The zero-order chi connectivity index (χ0) is 17.2. The van der Waals surface area contributed by atoms with Crippen LogP contribution in [-0.4, -0.2) is 31.1 Å². The highest BCUT2D eigenvalue weighted by molar-refractivity contribution is 6.30. The zero-order valence-electron chi connectivity index (χ0n) is 14.0. The second kappa shape index (κ2) is 5.04. The van der Waals surface area contributed by atoms with Crippen LogP contribution < -0.4 is 4.68 Å². The summed E-state index contributed by atoms with van der Waals surface area (Å²) in [5, 5.41) is 24.1. The van der Waals surface area contributed by atoms with Gasteiger partial charge in [0.1, 0.15) is 23.8 Å². The van der Waals surface area contributed by atoms with Gasteiger partial charge in [0.05, 0.1) is 0 Å². The molecule has 128 valence electrons. The SMILES string of the molecule is CC1(C)CCC[C@]2(O)[C@@H](c3ccc(Cl)cc3)n3cnc[n+]3C[C@]12O. The summed E-state index contributed by atoms with van der Waals surface area (Å²) in [5.41, 5.74) is -1.97. The maximum atomic E-state index is 11.8. The Morgan fingerprint density at radius 1 is 1.21 bits per heavy atom. The van der Waals surface area contributed by atoms with Gasteiger partial charge in [-0.15, -0.1) is 0 Å². The van der Waals surface area contributed by atoms with E-state index in [1.807, 2.05) is 47.5 Å². The quantitative estimate of drug-likeness (QED) is 0.776. The molecule has 1 aliphatic carbocycles. The van der Waals surface area contributed by atoms with Gasteiger partial charge in [0.15, 0.2) is 0 Å². The van der Waals surface area contributed by atoms with Crippen LogP contribution in [0.2, 0.25) is 5.02 Å². The van der Waals surface area contributed by atoms with Crippen LogP contribution in [0.4, 0.5) is 0 Å². The first-order chi connectivity index (χ1) is 11.3. The first-order valence-corrected chi connectivity index (χ1v) is 8.78. The number of nitrogens with zero attached hydrogens (tertiary/aromatic N) is 3. The summed E-state index contributed by atoms with van der Waals surface area (Å²) in [6, 6.07) is 7.08. The van der Waals surface area contributed by atoms with Crippen molar-refractivity contribution in [1.29, 1.82) is 0 Å². The summed E-state index contributed by atoms with van der Waals surface area (Å²) in [7, 11) is 0. The smallest absolute Gasteiger partial charge is 0.306 e. The monoisotopic (exact) mass is 348 g/mol. The Morgan fingerprint density at radius 3 is 2.62 bits per heavy atom. The minimum atomic E-state index is -1.26. The van der Waals surface area contributed by atoms with E-state index in [2.05, 4.69) is 4.98 Å². The highest BCUT2D eigenvalue weighted by atomic mass is 35.5. The molecule has 4 rings (SSSR count). The lowest BCUT2D eigenvalue weighted by atomic mass is 9.54. The molecule has 0 saturated heterocycles. The van der Waals surface area contributed by atoms with Gasteiger partial charge in [-0.1, -0.05) is 37.6 Å². The number of fused-ring (bicyclic) bond motifs is 2. The van der Waals surface area contributed by atoms with Crippen molar-refractivity contribution in [2.24, 2.45) is 5.41 Å². The minimum absolute atomic E-state index is 0.334. The number of hydrogen-bond donors (Lipinski definition) is 2. The Morgan fingerprint density at radius 2 is 1.92 bits per heavy atom. The van der Waals surface area contributed by atoms with Crippen molar-refractivity contribution in [3.05, 3.63) is 47.5 Å². The summed E-state index contributed by atoms with van der Waals surface area (Å²) >= 11 is 6.04. The summed E-state index contributed by atoms with van der Waals surface area (Å²) < 4.78 is 3.83. The summed E-state index contributed by atoms with van der Waals surface area (Å²) in [6.45, 7) is 4.42. The zero-order valence-corrected chi connectivity index (χ0v) is 14.7. The third-order valence-electron chi connectivity index (χ3n) is 6.17. The van der Waals surface area contributed by atoms with Gasteiger partial charge in [-0.25, -0.2) is 0 Å². The molecule has 2 aliphatic rings. The maximum Gasteiger partial charge on any atom is 0.306 e. The van der Waals surface area contributed by atoms with E-state index in [1.165, 1.54) is 0 Å². The first kappa shape index (κ1) is 16.1. The van der Waals surface area contributed by atoms with Crippen molar-refractivity contribution in [1.82, 2.24) is 9.67 Å². The van der Waals surface area contributed by atoms with Gasteiger partial charge in [-0.2, -0.15) is 9.36 Å². The van der Waals surface area contributed by atoms with Crippen molar-refractivity contribution in [3.8, 4) is 0 Å². The highest BCUT2D eigenvalue weighted by Gasteiger charge is 2.68. The van der Waals surface area contributed by atoms with Crippen molar-refractivity contribution in [3.63, 3.8) is 0 Å². The molecule has 5 nitrogen and oxygen atoms in total. The highest BCUT2D eigenvalue weighted by Crippen LogP contribution is 2.56. The summed E-state index contributed by atoms with van der Waals surface area (Å²) in [5.74, 6) is 0. The van der Waals surface area contributed by atoms with Gasteiger partial charge < -0.3 is 10.2 Å². The molecule has 1 aliphatic heterocycles. The topological polar surface area (TPSA) is 62.2 Å². The van der Waals surface area contributed by atoms with E-state index in [-0.39, 0.29) is 0 Å². The second-order valence-electron chi connectivity index (χ2n) is 7.83. The third-order valence-corrected chi connectivity index (χ3v) is 6.42. The van der Waals surface area contributed by atoms with Gasteiger partial charge in [0.25, 0.3) is 0 Å². The van der Waals surface area contributed by atoms with Crippen LogP contribution >= 0.6 is 11.6 Å². The lowest BCUT2D eigenvalue weighted by molar-refractivity contribution is -0.807. The fourth-order valence-electron chi connectivity index (χ4n) is 4.68. The minimum Gasteiger partial charge on any atom is -0.384 e. The lowest BCUT2D eigenvalue weighted by Gasteiger charge is -2.59. The van der Waals surface area contributed by atoms with Gasteiger partial charge in [0.2, 0.25) is 6.33 Å². The number of rotatable bonds is 1. The molecule has 1 aromatic heterocycles. The number of halogens is 1. The summed E-state index contributed by atoms with van der Waals surface area (Å²) in [6.07, 6.45) is 5.75. The van der Waals surface area contributed by atoms with Gasteiger partial charge in [-0.3, -0.25) is 0 Å². The largest absolute Gasteiger partial charge is 0.384 e. The van der Waals surface area contributed by atoms with Crippen LogP contribution in [0.5, 0.6) is 0 Å². The Labute approximate surface area is 146 Å². The summed E-state index contributed by atoms with van der Waals surface area (Å²) in [4.78, 5) is 4.24. The molecule has 0 unspecified atom stereocenters. The maximum absolute atomic E-state index is 11.8. The molecule has 3 atom stereocenters. The fourth-order valence-corrected chi connectivity index (χ4v) is 4.80. The number of hydrogen-bond acceptors (Lipinski definition) is 3. The number of aliphatic hydroxyl groups is 2. The lowest BCUT2D eigenvalue weighted by Crippen LogP contribution is -2.78. The molecule has 0 radical (unpaired) electrons. The molecule has 1 aromatic carbocycles. The van der Waals surface area contributed by atoms with Crippen LogP contribution in [-0.2, 0) is 6.54 Å². The van der Waals surface area contributed by atoms with E-state index in [4.69, 9.17) is 11.6 Å². The fraction of sp³-hybridized carbons (Fsp3) is 0.556. The molecule has 2 N–H and O–H groups in total. The van der Waals surface area contributed by atoms with Gasteiger partial charge >= 0.3 is 6.33 Å². The number of aromatic nitrogens is 3. The number of benzene rings is 1. The molecular weight excluding hydrogens is 326 g/mol. The Balaban J connectivity index is 1.95. The molecule has 1 fully saturated rings. The van der Waals surface area contributed by atoms with E-state index in [0.29, 0.717) is 18.0 Å². The van der Waals surface area contributed by atoms with E-state index in [1.54, 1.807) is 12.7 Å². The first-order valence-electron chi connectivity index (χ1n) is 8.40. The molecule has 0 amide bonds. The normalized spacial score (nSPS) is 34.5. The molecular formula is C18H23ClN3O2+. The molecule has 2 aromatic rings. The molecule has 0 bridgehead atoms. The van der Waals surface area contributed by atoms with Crippen molar-refractivity contribution in [2.75, 3.05) is 0 Å². The third kappa shape index (κ3) is 1.95. The molecule has 1 saturated carbocycles. The molecule has 6 heteroatoms. The van der Waals surface area contributed by atoms with Gasteiger partial charge in [0, 0.05) is 10.4 Å². The second-order valence-corrected chi connectivity index (χ2v) is 8.27. The van der Waals surface area contributed by atoms with E-state index < -0.39 is 22.7 Å². The predicted octanol–water partition coefficient (Wildman–Crippen LogP) is 2.10. The average molecular weight is 349 g/mol. The Bertz CT molecular complexity index is 773.